The molecule has 0 fully saturated rings. The van der Waals surface area contributed by atoms with Crippen molar-refractivity contribution in [1.29, 1.82) is 0 Å². The number of ether oxygens (including phenoxy) is 2. The molecule has 1 atom stereocenters. The van der Waals surface area contributed by atoms with Crippen molar-refractivity contribution in [3.05, 3.63) is 65.4 Å². The van der Waals surface area contributed by atoms with Crippen LogP contribution in [-0.4, -0.2) is 46.8 Å². The van der Waals surface area contributed by atoms with Crippen molar-refractivity contribution in [3.63, 3.8) is 0 Å². The van der Waals surface area contributed by atoms with E-state index < -0.39 is 34.7 Å². The van der Waals surface area contributed by atoms with E-state index in [4.69, 9.17) is 14.0 Å². The Labute approximate surface area is 200 Å². The Morgan fingerprint density at radius 3 is 2.29 bits per heavy atom. The van der Waals surface area contributed by atoms with Crippen molar-refractivity contribution >= 4 is 15.9 Å². The second-order valence-corrected chi connectivity index (χ2v) is 9.43. The van der Waals surface area contributed by atoms with Crippen LogP contribution in [0.2, 0.25) is 0 Å². The van der Waals surface area contributed by atoms with E-state index in [-0.39, 0.29) is 35.1 Å². The van der Waals surface area contributed by atoms with Crippen LogP contribution in [0.25, 0.3) is 11.1 Å². The zero-order chi connectivity index (χ0) is 25.8. The molecule has 0 radical (unpaired) electrons. The number of hydrogen-bond acceptors (Lipinski definition) is 6. The predicted molar refractivity (Wildman–Crippen MR) is 120 cm³/mol. The third-order valence-electron chi connectivity index (χ3n) is 5.26. The van der Waals surface area contributed by atoms with Crippen LogP contribution in [0.3, 0.4) is 0 Å². The maximum absolute atomic E-state index is 13.8. The summed E-state index contributed by atoms with van der Waals surface area (Å²) in [5.41, 5.74) is 0.895. The van der Waals surface area contributed by atoms with Crippen LogP contribution in [0.1, 0.15) is 23.0 Å². The highest BCUT2D eigenvalue weighted by Gasteiger charge is 2.41. The van der Waals surface area contributed by atoms with Crippen molar-refractivity contribution < 1.29 is 40.0 Å². The average Bonchev–Trinajstić information content (AvgIpc) is 3.15. The number of hydrogen-bond donors (Lipinski definition) is 0. The van der Waals surface area contributed by atoms with Gasteiger partial charge in [0.05, 0.1) is 23.8 Å². The number of methoxy groups -OCH3 is 1. The normalized spacial score (nSPS) is 13.1. The molecule has 0 amide bonds. The van der Waals surface area contributed by atoms with E-state index in [1.165, 1.54) is 37.4 Å². The number of aryl methyl sites for hydroxylation is 1. The van der Waals surface area contributed by atoms with Gasteiger partial charge in [0.1, 0.15) is 6.73 Å². The smallest absolute Gasteiger partial charge is 0.382 e. The van der Waals surface area contributed by atoms with Gasteiger partial charge in [-0.25, -0.2) is 17.1 Å². The molecule has 0 bridgehead atoms. The maximum Gasteiger partial charge on any atom is 0.423 e. The van der Waals surface area contributed by atoms with Crippen molar-refractivity contribution in [1.82, 2.24) is 5.16 Å². The largest absolute Gasteiger partial charge is 0.423 e. The molecule has 3 rings (SSSR count). The minimum atomic E-state index is -5.04. The van der Waals surface area contributed by atoms with Crippen molar-refractivity contribution in [2.24, 2.45) is 0 Å². The van der Waals surface area contributed by atoms with Gasteiger partial charge in [0.15, 0.2) is 0 Å². The first-order valence-corrected chi connectivity index (χ1v) is 11.8. The fourth-order valence-corrected chi connectivity index (χ4v) is 4.79. The Hall–Kier alpha value is -2.96. The Balaban J connectivity index is 2.04. The van der Waals surface area contributed by atoms with Gasteiger partial charge in [-0.15, -0.1) is 0 Å². The molecule has 0 aliphatic carbocycles. The molecule has 0 aliphatic rings. The summed E-state index contributed by atoms with van der Waals surface area (Å²) in [6.07, 6.45) is -8.19. The molecular weight excluding hydrogens is 492 g/mol. The number of anilines is 1. The molecular formula is C23H24F4N2O5S. The van der Waals surface area contributed by atoms with Gasteiger partial charge in [0.2, 0.25) is 12.1 Å². The molecule has 12 heteroatoms. The van der Waals surface area contributed by atoms with Crippen molar-refractivity contribution in [3.8, 4) is 11.1 Å². The minimum Gasteiger partial charge on any atom is -0.382 e. The molecule has 3 aromatic rings. The molecule has 0 N–H and O–H groups in total. The SMILES string of the molecule is COCCOCN(c1onc(C)c1C)S(=O)(=O)c1ccccc1-c1ccc(C(F)C(F)(F)F)cc1. The van der Waals surface area contributed by atoms with E-state index in [1.807, 2.05) is 0 Å². The third-order valence-corrected chi connectivity index (χ3v) is 7.02. The zero-order valence-corrected chi connectivity index (χ0v) is 20.0. The molecule has 35 heavy (non-hydrogen) atoms. The van der Waals surface area contributed by atoms with E-state index in [1.54, 1.807) is 19.9 Å². The average molecular weight is 517 g/mol. The molecule has 1 heterocycles. The number of sulfonamides is 1. The lowest BCUT2D eigenvalue weighted by atomic mass is 10.0. The van der Waals surface area contributed by atoms with Gasteiger partial charge < -0.3 is 14.0 Å². The van der Waals surface area contributed by atoms with Gasteiger partial charge in [-0.2, -0.15) is 13.2 Å². The number of benzene rings is 2. The molecule has 2 aromatic carbocycles. The second-order valence-electron chi connectivity index (χ2n) is 7.60. The lowest BCUT2D eigenvalue weighted by molar-refractivity contribution is -0.182. The summed E-state index contributed by atoms with van der Waals surface area (Å²) in [5.74, 6) is -0.0319. The number of nitrogens with zero attached hydrogens (tertiary/aromatic N) is 2. The van der Waals surface area contributed by atoms with Crippen LogP contribution in [0, 0.1) is 13.8 Å². The molecule has 0 saturated carbocycles. The quantitative estimate of drug-likeness (QED) is 0.205. The van der Waals surface area contributed by atoms with Crippen LogP contribution >= 0.6 is 0 Å². The van der Waals surface area contributed by atoms with Crippen LogP contribution in [0.4, 0.5) is 23.4 Å². The number of rotatable bonds is 10. The first kappa shape index (κ1) is 26.6. The van der Waals surface area contributed by atoms with Gasteiger partial charge in [0.25, 0.3) is 10.0 Å². The van der Waals surface area contributed by atoms with Gasteiger partial charge in [-0.1, -0.05) is 47.6 Å². The summed E-state index contributed by atoms with van der Waals surface area (Å²) in [6, 6.07) is 10.4. The molecule has 0 spiro atoms. The Morgan fingerprint density at radius 2 is 1.71 bits per heavy atom. The fourth-order valence-electron chi connectivity index (χ4n) is 3.23. The minimum absolute atomic E-state index is 0.0319. The van der Waals surface area contributed by atoms with E-state index in [9.17, 15) is 26.0 Å². The van der Waals surface area contributed by atoms with Gasteiger partial charge in [-0.05, 0) is 31.0 Å². The summed E-state index contributed by atoms with van der Waals surface area (Å²) in [4.78, 5) is -0.149. The summed E-state index contributed by atoms with van der Waals surface area (Å²) in [7, 11) is -2.82. The Kier molecular flexibility index (Phi) is 8.18. The predicted octanol–water partition coefficient (Wildman–Crippen LogP) is 5.35. The standard InChI is InChI=1S/C23H24F4N2O5S/c1-15-16(2)28-34-22(15)29(14-33-13-12-32-3)35(30,31)20-7-5-4-6-19(20)17-8-10-18(11-9-17)21(24)23(25,26)27/h4-11,21H,12-14H2,1-3H3. The maximum atomic E-state index is 13.8. The van der Waals surface area contributed by atoms with Crippen LogP contribution in [0.15, 0.2) is 57.9 Å². The lowest BCUT2D eigenvalue weighted by Gasteiger charge is -2.23. The molecule has 0 saturated heterocycles. The van der Waals surface area contributed by atoms with Gasteiger partial charge in [-0.3, -0.25) is 0 Å². The zero-order valence-electron chi connectivity index (χ0n) is 19.2. The summed E-state index contributed by atoms with van der Waals surface area (Å²) < 4.78 is 96.0. The molecule has 0 aliphatic heterocycles. The lowest BCUT2D eigenvalue weighted by Crippen LogP contribution is -2.34. The topological polar surface area (TPSA) is 81.9 Å². The van der Waals surface area contributed by atoms with Crippen LogP contribution < -0.4 is 4.31 Å². The highest BCUT2D eigenvalue weighted by Crippen LogP contribution is 2.38. The van der Waals surface area contributed by atoms with Gasteiger partial charge >= 0.3 is 6.18 Å². The monoisotopic (exact) mass is 516 g/mol. The Morgan fingerprint density at radius 1 is 1.06 bits per heavy atom. The number of halogens is 4. The molecule has 1 unspecified atom stereocenters. The molecule has 7 nitrogen and oxygen atoms in total. The van der Waals surface area contributed by atoms with E-state index >= 15 is 0 Å². The summed E-state index contributed by atoms with van der Waals surface area (Å²) >= 11 is 0. The van der Waals surface area contributed by atoms with E-state index in [0.29, 0.717) is 11.3 Å². The Bertz CT molecular complexity index is 1240. The molecule has 1 aromatic heterocycles. The van der Waals surface area contributed by atoms with Crippen LogP contribution in [-0.2, 0) is 19.5 Å². The fraction of sp³-hybridized carbons (Fsp3) is 0.348. The summed E-state index contributed by atoms with van der Waals surface area (Å²) in [6.45, 7) is 3.26. The van der Waals surface area contributed by atoms with Crippen molar-refractivity contribution in [2.75, 3.05) is 31.4 Å². The highest BCUT2D eigenvalue weighted by molar-refractivity contribution is 7.93. The van der Waals surface area contributed by atoms with Crippen molar-refractivity contribution in [2.45, 2.75) is 31.1 Å². The number of aromatic nitrogens is 1. The third kappa shape index (κ3) is 5.82. The first-order chi connectivity index (χ1) is 16.5. The number of alkyl halides is 4. The second kappa shape index (κ2) is 10.8. The van der Waals surface area contributed by atoms with E-state index in [0.717, 1.165) is 16.4 Å². The highest BCUT2D eigenvalue weighted by atomic mass is 32.2. The summed E-state index contributed by atoms with van der Waals surface area (Å²) in [5, 5.41) is 3.83. The van der Waals surface area contributed by atoms with Gasteiger partial charge in [0, 0.05) is 18.2 Å². The molecule has 190 valence electrons. The van der Waals surface area contributed by atoms with E-state index in [2.05, 4.69) is 5.16 Å². The first-order valence-electron chi connectivity index (χ1n) is 10.4. The van der Waals surface area contributed by atoms with Crippen LogP contribution in [0.5, 0.6) is 0 Å².